The maximum absolute atomic E-state index is 12.7. The van der Waals surface area contributed by atoms with Gasteiger partial charge in [0.25, 0.3) is 0 Å². The molecule has 3 heteroatoms. The Morgan fingerprint density at radius 2 is 2.00 bits per heavy atom. The quantitative estimate of drug-likeness (QED) is 0.775. The van der Waals surface area contributed by atoms with E-state index in [1.165, 1.54) is 35.5 Å². The third-order valence-electron chi connectivity index (χ3n) is 2.91. The summed E-state index contributed by atoms with van der Waals surface area (Å²) in [7, 11) is 0. The van der Waals surface area contributed by atoms with Gasteiger partial charge in [0, 0.05) is 11.3 Å². The van der Waals surface area contributed by atoms with Crippen molar-refractivity contribution >= 4 is 11.3 Å². The molecule has 3 rings (SSSR count). The molecule has 1 aliphatic carbocycles. The standard InChI is InChI=1S/C13H12FNS/c14-10-6-4-9(5-7-10)8-13-15-11-2-1-3-12(11)16-13/h4-7H,1-3,8H2. The summed E-state index contributed by atoms with van der Waals surface area (Å²) in [6.45, 7) is 0. The zero-order chi connectivity index (χ0) is 11.0. The van der Waals surface area contributed by atoms with Crippen LogP contribution in [0, 0.1) is 5.82 Å². The molecule has 0 aliphatic heterocycles. The molecule has 0 saturated carbocycles. The van der Waals surface area contributed by atoms with E-state index in [-0.39, 0.29) is 5.82 Å². The topological polar surface area (TPSA) is 12.9 Å². The first-order valence-corrected chi connectivity index (χ1v) is 6.35. The van der Waals surface area contributed by atoms with E-state index in [0.717, 1.165) is 23.4 Å². The first-order valence-electron chi connectivity index (χ1n) is 5.53. The number of aryl methyl sites for hydroxylation is 2. The smallest absolute Gasteiger partial charge is 0.123 e. The second kappa shape index (κ2) is 3.98. The number of fused-ring (bicyclic) bond motifs is 1. The van der Waals surface area contributed by atoms with Gasteiger partial charge in [-0.3, -0.25) is 0 Å². The van der Waals surface area contributed by atoms with Gasteiger partial charge in [0.05, 0.1) is 10.7 Å². The molecule has 0 N–H and O–H groups in total. The number of nitrogens with zero attached hydrogens (tertiary/aromatic N) is 1. The van der Waals surface area contributed by atoms with Gasteiger partial charge in [-0.05, 0) is 37.0 Å². The SMILES string of the molecule is Fc1ccc(Cc2nc3c(s2)CCC3)cc1. The van der Waals surface area contributed by atoms with E-state index >= 15 is 0 Å². The largest absolute Gasteiger partial charge is 0.246 e. The molecule has 0 saturated heterocycles. The van der Waals surface area contributed by atoms with Crippen molar-refractivity contribution in [2.24, 2.45) is 0 Å². The van der Waals surface area contributed by atoms with Crippen molar-refractivity contribution < 1.29 is 4.39 Å². The van der Waals surface area contributed by atoms with Gasteiger partial charge in [-0.1, -0.05) is 12.1 Å². The second-order valence-electron chi connectivity index (χ2n) is 4.13. The molecule has 0 radical (unpaired) electrons. The highest BCUT2D eigenvalue weighted by atomic mass is 32.1. The lowest BCUT2D eigenvalue weighted by molar-refractivity contribution is 0.627. The van der Waals surface area contributed by atoms with Crippen molar-refractivity contribution in [3.05, 3.63) is 51.2 Å². The van der Waals surface area contributed by atoms with Crippen molar-refractivity contribution in [1.29, 1.82) is 0 Å². The monoisotopic (exact) mass is 233 g/mol. The van der Waals surface area contributed by atoms with Gasteiger partial charge in [0.15, 0.2) is 0 Å². The summed E-state index contributed by atoms with van der Waals surface area (Å²) in [4.78, 5) is 6.09. The Hall–Kier alpha value is -1.22. The number of benzene rings is 1. The van der Waals surface area contributed by atoms with Crippen LogP contribution in [0.1, 0.15) is 27.6 Å². The molecule has 1 aliphatic rings. The molecule has 2 aromatic rings. The molecule has 0 spiro atoms. The number of thiazole rings is 1. The van der Waals surface area contributed by atoms with Crippen LogP contribution in [-0.2, 0) is 19.3 Å². The lowest BCUT2D eigenvalue weighted by Crippen LogP contribution is -1.88. The van der Waals surface area contributed by atoms with Gasteiger partial charge in [-0.25, -0.2) is 9.37 Å². The van der Waals surface area contributed by atoms with Crippen molar-refractivity contribution in [2.75, 3.05) is 0 Å². The minimum atomic E-state index is -0.176. The highest BCUT2D eigenvalue weighted by Crippen LogP contribution is 2.28. The van der Waals surface area contributed by atoms with Crippen LogP contribution in [0.15, 0.2) is 24.3 Å². The first-order chi connectivity index (χ1) is 7.81. The molecule has 0 atom stereocenters. The minimum Gasteiger partial charge on any atom is -0.246 e. The van der Waals surface area contributed by atoms with E-state index in [2.05, 4.69) is 4.98 Å². The molecule has 0 bridgehead atoms. The Morgan fingerprint density at radius 1 is 1.19 bits per heavy atom. The summed E-state index contributed by atoms with van der Waals surface area (Å²) in [5.74, 6) is -0.176. The normalized spacial score (nSPS) is 14.1. The summed E-state index contributed by atoms with van der Waals surface area (Å²) >= 11 is 1.82. The van der Waals surface area contributed by atoms with Gasteiger partial charge < -0.3 is 0 Å². The Bertz CT molecular complexity index is 480. The summed E-state index contributed by atoms with van der Waals surface area (Å²) in [6.07, 6.45) is 4.41. The van der Waals surface area contributed by atoms with E-state index in [1.54, 1.807) is 0 Å². The third-order valence-corrected chi connectivity index (χ3v) is 4.07. The zero-order valence-electron chi connectivity index (χ0n) is 8.87. The molecule has 1 heterocycles. The van der Waals surface area contributed by atoms with Crippen molar-refractivity contribution in [2.45, 2.75) is 25.7 Å². The van der Waals surface area contributed by atoms with Crippen LogP contribution in [-0.4, -0.2) is 4.98 Å². The molecular formula is C13H12FNS. The molecule has 0 fully saturated rings. The van der Waals surface area contributed by atoms with Crippen molar-refractivity contribution in [3.8, 4) is 0 Å². The predicted octanol–water partition coefficient (Wildman–Crippen LogP) is 3.36. The second-order valence-corrected chi connectivity index (χ2v) is 5.30. The van der Waals surface area contributed by atoms with Crippen molar-refractivity contribution in [3.63, 3.8) is 0 Å². The average molecular weight is 233 g/mol. The number of hydrogen-bond acceptors (Lipinski definition) is 2. The number of hydrogen-bond donors (Lipinski definition) is 0. The highest BCUT2D eigenvalue weighted by molar-refractivity contribution is 7.11. The van der Waals surface area contributed by atoms with Crippen LogP contribution in [0.25, 0.3) is 0 Å². The Balaban J connectivity index is 1.81. The first kappa shape index (κ1) is 9.97. The minimum absolute atomic E-state index is 0.176. The Kier molecular flexibility index (Phi) is 2.48. The molecule has 82 valence electrons. The molecule has 1 aromatic carbocycles. The van der Waals surface area contributed by atoms with Gasteiger partial charge in [0.1, 0.15) is 5.82 Å². The van der Waals surface area contributed by atoms with Crippen LogP contribution in [0.5, 0.6) is 0 Å². The number of halogens is 1. The van der Waals surface area contributed by atoms with E-state index in [0.29, 0.717) is 0 Å². The number of rotatable bonds is 2. The summed E-state index contributed by atoms with van der Waals surface area (Å²) < 4.78 is 12.7. The average Bonchev–Trinajstić information content (AvgIpc) is 2.81. The fraction of sp³-hybridized carbons (Fsp3) is 0.308. The maximum Gasteiger partial charge on any atom is 0.123 e. The van der Waals surface area contributed by atoms with Crippen LogP contribution in [0.2, 0.25) is 0 Å². The molecule has 1 nitrogen and oxygen atoms in total. The van der Waals surface area contributed by atoms with Crippen LogP contribution in [0.4, 0.5) is 4.39 Å². The molecule has 0 amide bonds. The summed E-state index contributed by atoms with van der Waals surface area (Å²) in [5.41, 5.74) is 2.43. The predicted molar refractivity (Wildman–Crippen MR) is 63.3 cm³/mol. The van der Waals surface area contributed by atoms with E-state index in [4.69, 9.17) is 0 Å². The lowest BCUT2D eigenvalue weighted by Gasteiger charge is -1.97. The van der Waals surface area contributed by atoms with Crippen LogP contribution in [0.3, 0.4) is 0 Å². The fourth-order valence-corrected chi connectivity index (χ4v) is 3.29. The number of aromatic nitrogens is 1. The van der Waals surface area contributed by atoms with E-state index in [1.807, 2.05) is 23.5 Å². The van der Waals surface area contributed by atoms with Crippen molar-refractivity contribution in [1.82, 2.24) is 4.98 Å². The van der Waals surface area contributed by atoms with Gasteiger partial charge in [-0.2, -0.15) is 0 Å². The molecular weight excluding hydrogens is 221 g/mol. The van der Waals surface area contributed by atoms with Crippen LogP contribution >= 0.6 is 11.3 Å². The Labute approximate surface area is 98.0 Å². The fourth-order valence-electron chi connectivity index (χ4n) is 2.10. The summed E-state index contributed by atoms with van der Waals surface area (Å²) in [6, 6.07) is 6.69. The third kappa shape index (κ3) is 1.87. The van der Waals surface area contributed by atoms with E-state index in [9.17, 15) is 4.39 Å². The van der Waals surface area contributed by atoms with Crippen LogP contribution < -0.4 is 0 Å². The van der Waals surface area contributed by atoms with Gasteiger partial charge in [-0.15, -0.1) is 11.3 Å². The van der Waals surface area contributed by atoms with Gasteiger partial charge in [0.2, 0.25) is 0 Å². The molecule has 0 unspecified atom stereocenters. The molecule has 1 aromatic heterocycles. The summed E-state index contributed by atoms with van der Waals surface area (Å²) in [5, 5.41) is 1.16. The van der Waals surface area contributed by atoms with Gasteiger partial charge >= 0.3 is 0 Å². The maximum atomic E-state index is 12.7. The molecule has 16 heavy (non-hydrogen) atoms. The Morgan fingerprint density at radius 3 is 2.75 bits per heavy atom. The van der Waals surface area contributed by atoms with E-state index < -0.39 is 0 Å². The highest BCUT2D eigenvalue weighted by Gasteiger charge is 2.16. The zero-order valence-corrected chi connectivity index (χ0v) is 9.69. The lowest BCUT2D eigenvalue weighted by atomic mass is 10.1.